The van der Waals surface area contributed by atoms with E-state index in [2.05, 4.69) is 10.3 Å². The van der Waals surface area contributed by atoms with Gasteiger partial charge in [0.15, 0.2) is 0 Å². The number of aromatic nitrogens is 1. The van der Waals surface area contributed by atoms with Crippen molar-refractivity contribution in [3.63, 3.8) is 0 Å². The maximum Gasteiger partial charge on any atom is 0.227 e. The van der Waals surface area contributed by atoms with Gasteiger partial charge in [-0.25, -0.2) is 0 Å². The number of nitrogens with one attached hydrogen (secondary N) is 1. The van der Waals surface area contributed by atoms with Gasteiger partial charge in [-0.15, -0.1) is 0 Å². The van der Waals surface area contributed by atoms with Crippen LogP contribution < -0.4 is 5.32 Å². The van der Waals surface area contributed by atoms with Gasteiger partial charge in [0.05, 0.1) is 6.42 Å². The summed E-state index contributed by atoms with van der Waals surface area (Å²) >= 11 is 0. The second-order valence-corrected chi connectivity index (χ2v) is 7.12. The van der Waals surface area contributed by atoms with Crippen LogP contribution in [0.4, 0.5) is 0 Å². The number of benzene rings is 1. The summed E-state index contributed by atoms with van der Waals surface area (Å²) < 4.78 is 0. The molecule has 1 aliphatic heterocycles. The molecule has 1 aromatic heterocycles. The number of pyridine rings is 1. The minimum atomic E-state index is -1.21. The number of carbonyl (C=O) groups excluding carboxylic acids is 1. The monoisotopic (exact) mass is 369 g/mol. The number of rotatable bonds is 7. The number of carbonyl (C=O) groups is 1. The maximum atomic E-state index is 12.5. The lowest BCUT2D eigenvalue weighted by atomic mass is 9.88. The second-order valence-electron chi connectivity index (χ2n) is 7.12. The van der Waals surface area contributed by atoms with Crippen LogP contribution in [0, 0.1) is 0 Å². The van der Waals surface area contributed by atoms with Crippen molar-refractivity contribution in [1.82, 2.24) is 15.2 Å². The van der Waals surface area contributed by atoms with Crippen LogP contribution in [0.1, 0.15) is 17.7 Å². The van der Waals surface area contributed by atoms with Crippen molar-refractivity contribution in [2.75, 3.05) is 26.2 Å². The highest BCUT2D eigenvalue weighted by Crippen LogP contribution is 2.23. The largest absolute Gasteiger partial charge is 0.388 e. The Balaban J connectivity index is 1.44. The molecule has 0 saturated carbocycles. The Labute approximate surface area is 159 Å². The zero-order valence-electron chi connectivity index (χ0n) is 15.4. The number of β-amino-alcohol motifs (C(OH)–C–C–N with tert-alkyl or cyclic N) is 1. The van der Waals surface area contributed by atoms with Crippen LogP contribution in [0.2, 0.25) is 0 Å². The van der Waals surface area contributed by atoms with Crippen molar-refractivity contribution in [2.45, 2.75) is 31.0 Å². The SMILES string of the molecule is O=C(Cc1ccccc1)N1CC[C@](O)(CNCCc2ccccn2)[C@@H](O)C1. The van der Waals surface area contributed by atoms with Gasteiger partial charge in [-0.2, -0.15) is 0 Å². The summed E-state index contributed by atoms with van der Waals surface area (Å²) in [5.41, 5.74) is 0.723. The van der Waals surface area contributed by atoms with Crippen LogP contribution in [0.15, 0.2) is 54.7 Å². The number of amides is 1. The molecule has 3 N–H and O–H groups in total. The smallest absolute Gasteiger partial charge is 0.227 e. The topological polar surface area (TPSA) is 85.7 Å². The van der Waals surface area contributed by atoms with E-state index in [1.54, 1.807) is 11.1 Å². The van der Waals surface area contributed by atoms with Gasteiger partial charge in [0, 0.05) is 44.5 Å². The summed E-state index contributed by atoms with van der Waals surface area (Å²) in [7, 11) is 0. The Bertz CT molecular complexity index is 726. The van der Waals surface area contributed by atoms with Gasteiger partial charge in [0.25, 0.3) is 0 Å². The summed E-state index contributed by atoms with van der Waals surface area (Å²) in [6.07, 6.45) is 2.22. The molecule has 1 aliphatic rings. The summed E-state index contributed by atoms with van der Waals surface area (Å²) in [6, 6.07) is 15.3. The molecule has 6 nitrogen and oxygen atoms in total. The third-order valence-corrected chi connectivity index (χ3v) is 5.09. The molecule has 2 aromatic rings. The molecular formula is C21H27N3O3. The summed E-state index contributed by atoms with van der Waals surface area (Å²) in [5.74, 6) is -0.0228. The summed E-state index contributed by atoms with van der Waals surface area (Å²) in [6.45, 7) is 1.57. The van der Waals surface area contributed by atoms with Gasteiger partial charge >= 0.3 is 0 Å². The first kappa shape index (κ1) is 19.5. The molecule has 0 unspecified atom stereocenters. The van der Waals surface area contributed by atoms with Crippen molar-refractivity contribution < 1.29 is 15.0 Å². The predicted molar refractivity (Wildman–Crippen MR) is 103 cm³/mol. The Hall–Kier alpha value is -2.28. The van der Waals surface area contributed by atoms with Gasteiger partial charge in [-0.3, -0.25) is 9.78 Å². The van der Waals surface area contributed by atoms with Crippen LogP contribution in [-0.4, -0.2) is 63.9 Å². The molecule has 3 rings (SSSR count). The number of nitrogens with zero attached hydrogens (tertiary/aromatic N) is 2. The van der Waals surface area contributed by atoms with Crippen molar-refractivity contribution >= 4 is 5.91 Å². The highest BCUT2D eigenvalue weighted by molar-refractivity contribution is 5.79. The molecule has 6 heteroatoms. The zero-order valence-corrected chi connectivity index (χ0v) is 15.4. The molecule has 1 saturated heterocycles. The van der Waals surface area contributed by atoms with E-state index in [0.29, 0.717) is 32.5 Å². The molecular weight excluding hydrogens is 342 g/mol. The van der Waals surface area contributed by atoms with E-state index in [1.807, 2.05) is 48.5 Å². The van der Waals surface area contributed by atoms with Gasteiger partial charge in [0.2, 0.25) is 5.91 Å². The Morgan fingerprint density at radius 2 is 2.00 bits per heavy atom. The van der Waals surface area contributed by atoms with Crippen LogP contribution in [0.25, 0.3) is 0 Å². The molecule has 2 heterocycles. The highest BCUT2D eigenvalue weighted by atomic mass is 16.3. The molecule has 1 fully saturated rings. The first-order chi connectivity index (χ1) is 13.1. The molecule has 1 amide bonds. The first-order valence-electron chi connectivity index (χ1n) is 9.39. The highest BCUT2D eigenvalue weighted by Gasteiger charge is 2.41. The Morgan fingerprint density at radius 3 is 2.70 bits per heavy atom. The standard InChI is InChI=1S/C21H27N3O3/c25-19-15-24(20(26)14-17-6-2-1-3-7-17)13-10-21(19,27)16-22-12-9-18-8-4-5-11-23-18/h1-8,11,19,22,25,27H,9-10,12-16H2/t19-,21-/m0/s1. The number of hydrogen-bond donors (Lipinski definition) is 3. The van der Waals surface area contributed by atoms with Gasteiger partial charge in [-0.05, 0) is 24.1 Å². The van der Waals surface area contributed by atoms with E-state index in [4.69, 9.17) is 0 Å². The van der Waals surface area contributed by atoms with Gasteiger partial charge in [-0.1, -0.05) is 36.4 Å². The molecule has 1 aromatic carbocycles. The fourth-order valence-corrected chi connectivity index (χ4v) is 3.35. The Morgan fingerprint density at radius 1 is 1.22 bits per heavy atom. The number of likely N-dealkylation sites (tertiary alicyclic amines) is 1. The predicted octanol–water partition coefficient (Wildman–Crippen LogP) is 0.781. The van der Waals surface area contributed by atoms with E-state index < -0.39 is 11.7 Å². The fraction of sp³-hybridized carbons (Fsp3) is 0.429. The minimum Gasteiger partial charge on any atom is -0.388 e. The summed E-state index contributed by atoms with van der Waals surface area (Å²) in [4.78, 5) is 18.4. The fourth-order valence-electron chi connectivity index (χ4n) is 3.35. The minimum absolute atomic E-state index is 0.0228. The van der Waals surface area contributed by atoms with Gasteiger partial charge in [0.1, 0.15) is 11.7 Å². The summed E-state index contributed by atoms with van der Waals surface area (Å²) in [5, 5.41) is 24.4. The molecule has 144 valence electrons. The van der Waals surface area contributed by atoms with E-state index >= 15 is 0 Å². The normalized spacial score (nSPS) is 22.6. The van der Waals surface area contributed by atoms with Crippen molar-refractivity contribution in [2.24, 2.45) is 0 Å². The third-order valence-electron chi connectivity index (χ3n) is 5.09. The van der Waals surface area contributed by atoms with Crippen LogP contribution in [-0.2, 0) is 17.6 Å². The zero-order chi connectivity index (χ0) is 19.1. The van der Waals surface area contributed by atoms with Crippen molar-refractivity contribution in [3.05, 3.63) is 66.0 Å². The molecule has 0 aliphatic carbocycles. The van der Waals surface area contributed by atoms with Crippen molar-refractivity contribution in [3.8, 4) is 0 Å². The second kappa shape index (κ2) is 9.08. The van der Waals surface area contributed by atoms with Crippen LogP contribution >= 0.6 is 0 Å². The molecule has 2 atom stereocenters. The van der Waals surface area contributed by atoms with Crippen molar-refractivity contribution in [1.29, 1.82) is 0 Å². The van der Waals surface area contributed by atoms with E-state index in [0.717, 1.165) is 17.7 Å². The lowest BCUT2D eigenvalue weighted by molar-refractivity contribution is -0.148. The average Bonchev–Trinajstić information content (AvgIpc) is 2.69. The average molecular weight is 369 g/mol. The number of aliphatic hydroxyl groups is 2. The molecule has 0 spiro atoms. The van der Waals surface area contributed by atoms with E-state index in [9.17, 15) is 15.0 Å². The van der Waals surface area contributed by atoms with Crippen LogP contribution in [0.5, 0.6) is 0 Å². The quantitative estimate of drug-likeness (QED) is 0.628. The Kier molecular flexibility index (Phi) is 6.55. The lowest BCUT2D eigenvalue weighted by Gasteiger charge is -2.42. The number of hydrogen-bond acceptors (Lipinski definition) is 5. The molecule has 0 radical (unpaired) electrons. The van der Waals surface area contributed by atoms with Gasteiger partial charge < -0.3 is 20.4 Å². The number of aliphatic hydroxyl groups excluding tert-OH is 1. The lowest BCUT2D eigenvalue weighted by Crippen LogP contribution is -2.60. The third kappa shape index (κ3) is 5.35. The molecule has 27 heavy (non-hydrogen) atoms. The van der Waals surface area contributed by atoms with E-state index in [-0.39, 0.29) is 12.5 Å². The van der Waals surface area contributed by atoms with E-state index in [1.165, 1.54) is 0 Å². The number of piperidine rings is 1. The molecule has 0 bridgehead atoms. The first-order valence-corrected chi connectivity index (χ1v) is 9.39. The van der Waals surface area contributed by atoms with Crippen LogP contribution in [0.3, 0.4) is 0 Å². The maximum absolute atomic E-state index is 12.5.